The maximum atomic E-state index is 13.4. The molecule has 0 bridgehead atoms. The van der Waals surface area contributed by atoms with E-state index >= 15 is 0 Å². The number of piperazine rings is 1. The molecule has 134 valence electrons. The van der Waals surface area contributed by atoms with Gasteiger partial charge >= 0.3 is 0 Å². The van der Waals surface area contributed by atoms with Crippen LogP contribution in [-0.4, -0.2) is 43.8 Å². The Labute approximate surface area is 148 Å². The van der Waals surface area contributed by atoms with E-state index in [0.29, 0.717) is 31.7 Å². The highest BCUT2D eigenvalue weighted by molar-refractivity contribution is 7.89. The van der Waals surface area contributed by atoms with Crippen LogP contribution in [0.2, 0.25) is 0 Å². The summed E-state index contributed by atoms with van der Waals surface area (Å²) in [5.74, 6) is -0.387. The first-order valence-electron chi connectivity index (χ1n) is 8.41. The number of rotatable bonds is 4. The van der Waals surface area contributed by atoms with Gasteiger partial charge in [0.1, 0.15) is 5.82 Å². The standard InChI is InChI=1S/C19H23FN2O2S/c1-15-5-3-4-6-17(15)14-21-9-11-22(12-10-21)25(23,24)18-7-8-19(20)16(2)13-18/h3-8,13H,9-12,14H2,1-2H3. The zero-order valence-corrected chi connectivity index (χ0v) is 15.4. The Morgan fingerprint density at radius 3 is 2.28 bits per heavy atom. The summed E-state index contributed by atoms with van der Waals surface area (Å²) in [5.41, 5.74) is 2.87. The molecule has 1 heterocycles. The van der Waals surface area contributed by atoms with Gasteiger partial charge in [-0.3, -0.25) is 4.90 Å². The van der Waals surface area contributed by atoms with Crippen molar-refractivity contribution in [2.24, 2.45) is 0 Å². The molecule has 2 aromatic carbocycles. The van der Waals surface area contributed by atoms with Gasteiger partial charge in [0, 0.05) is 32.7 Å². The van der Waals surface area contributed by atoms with E-state index in [4.69, 9.17) is 0 Å². The average Bonchev–Trinajstić information content (AvgIpc) is 2.60. The van der Waals surface area contributed by atoms with E-state index in [1.165, 1.54) is 33.6 Å². The second kappa shape index (κ2) is 7.23. The van der Waals surface area contributed by atoms with Crippen molar-refractivity contribution in [3.05, 3.63) is 65.0 Å². The molecule has 0 aliphatic carbocycles. The Hall–Kier alpha value is -1.76. The van der Waals surface area contributed by atoms with Gasteiger partial charge in [-0.15, -0.1) is 0 Å². The van der Waals surface area contributed by atoms with E-state index in [9.17, 15) is 12.8 Å². The van der Waals surface area contributed by atoms with Crippen LogP contribution in [0, 0.1) is 19.7 Å². The molecule has 0 atom stereocenters. The fraction of sp³-hybridized carbons (Fsp3) is 0.368. The highest BCUT2D eigenvalue weighted by atomic mass is 32.2. The Kier molecular flexibility index (Phi) is 5.22. The number of halogens is 1. The molecule has 0 unspecified atom stereocenters. The van der Waals surface area contributed by atoms with Crippen molar-refractivity contribution in [3.63, 3.8) is 0 Å². The van der Waals surface area contributed by atoms with E-state index in [0.717, 1.165) is 6.54 Å². The summed E-state index contributed by atoms with van der Waals surface area (Å²) < 4.78 is 40.4. The fourth-order valence-electron chi connectivity index (χ4n) is 3.08. The van der Waals surface area contributed by atoms with Crippen LogP contribution < -0.4 is 0 Å². The maximum Gasteiger partial charge on any atom is 0.243 e. The maximum absolute atomic E-state index is 13.4. The molecular formula is C19H23FN2O2S. The minimum atomic E-state index is -3.57. The molecule has 6 heteroatoms. The van der Waals surface area contributed by atoms with Crippen LogP contribution in [0.5, 0.6) is 0 Å². The summed E-state index contributed by atoms with van der Waals surface area (Å²) in [7, 11) is -3.57. The zero-order valence-electron chi connectivity index (χ0n) is 14.6. The number of benzene rings is 2. The molecule has 25 heavy (non-hydrogen) atoms. The van der Waals surface area contributed by atoms with Crippen LogP contribution in [0.15, 0.2) is 47.4 Å². The largest absolute Gasteiger partial charge is 0.296 e. The minimum Gasteiger partial charge on any atom is -0.296 e. The number of hydrogen-bond donors (Lipinski definition) is 0. The van der Waals surface area contributed by atoms with Crippen molar-refractivity contribution < 1.29 is 12.8 Å². The van der Waals surface area contributed by atoms with Crippen molar-refractivity contribution in [2.75, 3.05) is 26.2 Å². The number of hydrogen-bond acceptors (Lipinski definition) is 3. The summed E-state index contributed by atoms with van der Waals surface area (Å²) in [6, 6.07) is 12.2. The van der Waals surface area contributed by atoms with Crippen LogP contribution in [0.3, 0.4) is 0 Å². The first kappa shape index (κ1) is 18.0. The Morgan fingerprint density at radius 1 is 0.960 bits per heavy atom. The minimum absolute atomic E-state index is 0.166. The van der Waals surface area contributed by atoms with Crippen LogP contribution >= 0.6 is 0 Å². The topological polar surface area (TPSA) is 40.6 Å². The highest BCUT2D eigenvalue weighted by Gasteiger charge is 2.28. The second-order valence-corrected chi connectivity index (χ2v) is 8.46. The molecule has 4 nitrogen and oxygen atoms in total. The van der Waals surface area contributed by atoms with E-state index in [1.807, 2.05) is 12.1 Å². The monoisotopic (exact) mass is 362 g/mol. The van der Waals surface area contributed by atoms with Crippen LogP contribution in [0.4, 0.5) is 4.39 Å². The molecule has 1 aliphatic heterocycles. The normalized spacial score (nSPS) is 16.9. The number of nitrogens with zero attached hydrogens (tertiary/aromatic N) is 2. The number of sulfonamides is 1. The second-order valence-electron chi connectivity index (χ2n) is 6.52. The van der Waals surface area contributed by atoms with Gasteiger partial charge in [0.25, 0.3) is 0 Å². The lowest BCUT2D eigenvalue weighted by atomic mass is 10.1. The van der Waals surface area contributed by atoms with Gasteiger partial charge in [-0.25, -0.2) is 12.8 Å². The Morgan fingerprint density at radius 2 is 1.64 bits per heavy atom. The summed E-state index contributed by atoms with van der Waals surface area (Å²) in [6.45, 7) is 6.77. The molecule has 1 saturated heterocycles. The van der Waals surface area contributed by atoms with Crippen molar-refractivity contribution in [3.8, 4) is 0 Å². The summed E-state index contributed by atoms with van der Waals surface area (Å²) in [4.78, 5) is 2.43. The Balaban J connectivity index is 1.67. The third-order valence-electron chi connectivity index (χ3n) is 4.75. The van der Waals surface area contributed by atoms with Gasteiger partial charge in [-0.2, -0.15) is 4.31 Å². The summed E-state index contributed by atoms with van der Waals surface area (Å²) in [6.07, 6.45) is 0. The van der Waals surface area contributed by atoms with Crippen LogP contribution in [0.1, 0.15) is 16.7 Å². The summed E-state index contributed by atoms with van der Waals surface area (Å²) >= 11 is 0. The van der Waals surface area contributed by atoms with Crippen molar-refractivity contribution in [1.29, 1.82) is 0 Å². The van der Waals surface area contributed by atoms with E-state index in [1.54, 1.807) is 6.92 Å². The molecule has 0 amide bonds. The van der Waals surface area contributed by atoms with Gasteiger partial charge in [0.15, 0.2) is 0 Å². The average molecular weight is 362 g/mol. The molecule has 1 fully saturated rings. The first-order valence-corrected chi connectivity index (χ1v) is 9.85. The van der Waals surface area contributed by atoms with Gasteiger partial charge < -0.3 is 0 Å². The lowest BCUT2D eigenvalue weighted by Gasteiger charge is -2.34. The van der Waals surface area contributed by atoms with Gasteiger partial charge in [0.05, 0.1) is 4.90 Å². The van der Waals surface area contributed by atoms with Crippen molar-refractivity contribution in [2.45, 2.75) is 25.3 Å². The fourth-order valence-corrected chi connectivity index (χ4v) is 4.59. The van der Waals surface area contributed by atoms with Crippen molar-refractivity contribution in [1.82, 2.24) is 9.21 Å². The SMILES string of the molecule is Cc1cc(S(=O)(=O)N2CCN(Cc3ccccc3C)CC2)ccc1F. The molecule has 0 N–H and O–H groups in total. The van der Waals surface area contributed by atoms with E-state index in [2.05, 4.69) is 24.0 Å². The molecule has 1 aliphatic rings. The molecule has 0 radical (unpaired) electrons. The van der Waals surface area contributed by atoms with E-state index in [-0.39, 0.29) is 10.7 Å². The number of aryl methyl sites for hydroxylation is 2. The molecule has 0 spiro atoms. The van der Waals surface area contributed by atoms with Crippen LogP contribution in [0.25, 0.3) is 0 Å². The Bertz CT molecular complexity index is 859. The van der Waals surface area contributed by atoms with Gasteiger partial charge in [0.2, 0.25) is 10.0 Å². The third kappa shape index (κ3) is 3.92. The molecule has 0 aromatic heterocycles. The predicted molar refractivity (Wildman–Crippen MR) is 96.4 cm³/mol. The van der Waals surface area contributed by atoms with E-state index < -0.39 is 10.0 Å². The molecule has 0 saturated carbocycles. The quantitative estimate of drug-likeness (QED) is 0.840. The molecular weight excluding hydrogens is 339 g/mol. The smallest absolute Gasteiger partial charge is 0.243 e. The van der Waals surface area contributed by atoms with Crippen LogP contribution in [-0.2, 0) is 16.6 Å². The predicted octanol–water partition coefficient (Wildman–Crippen LogP) is 2.95. The first-order chi connectivity index (χ1) is 11.9. The lowest BCUT2D eigenvalue weighted by molar-refractivity contribution is 0.181. The van der Waals surface area contributed by atoms with Gasteiger partial charge in [-0.05, 0) is 48.7 Å². The zero-order chi connectivity index (χ0) is 18.0. The van der Waals surface area contributed by atoms with Crippen molar-refractivity contribution >= 4 is 10.0 Å². The third-order valence-corrected chi connectivity index (χ3v) is 6.65. The lowest BCUT2D eigenvalue weighted by Crippen LogP contribution is -2.48. The van der Waals surface area contributed by atoms with Gasteiger partial charge in [-0.1, -0.05) is 24.3 Å². The molecule has 3 rings (SSSR count). The summed E-state index contributed by atoms with van der Waals surface area (Å²) in [5, 5.41) is 0. The highest BCUT2D eigenvalue weighted by Crippen LogP contribution is 2.21. The molecule has 2 aromatic rings.